The predicted octanol–water partition coefficient (Wildman–Crippen LogP) is 4.42. The van der Waals surface area contributed by atoms with E-state index in [1.165, 1.54) is 37.8 Å². The van der Waals surface area contributed by atoms with E-state index in [9.17, 15) is 8.42 Å². The van der Waals surface area contributed by atoms with Crippen molar-refractivity contribution in [3.05, 3.63) is 77.9 Å². The summed E-state index contributed by atoms with van der Waals surface area (Å²) in [6.07, 6.45) is 0. The molecule has 0 atom stereocenters. The zero-order valence-corrected chi connectivity index (χ0v) is 18.3. The average molecular weight is 428 g/mol. The predicted molar refractivity (Wildman–Crippen MR) is 117 cm³/mol. The van der Waals surface area contributed by atoms with Crippen LogP contribution in [0.2, 0.25) is 0 Å². The molecule has 0 heterocycles. The second kappa shape index (κ2) is 9.09. The molecular weight excluding hydrogens is 402 g/mol. The molecule has 0 N–H and O–H groups in total. The first-order valence-corrected chi connectivity index (χ1v) is 10.8. The van der Waals surface area contributed by atoms with Gasteiger partial charge in [0.1, 0.15) is 5.75 Å². The SMILES string of the molecule is COc1ccc(S(=O)(=O)N(Cc2ccc(C)cc2)c2ccc(OC)c(OC)c2)cc1. The van der Waals surface area contributed by atoms with Crippen molar-refractivity contribution in [2.75, 3.05) is 25.6 Å². The average Bonchev–Trinajstić information content (AvgIpc) is 2.78. The summed E-state index contributed by atoms with van der Waals surface area (Å²) in [5.41, 5.74) is 2.45. The standard InChI is InChI=1S/C23H25NO5S/c1-17-5-7-18(8-6-17)16-24(19-9-14-22(28-3)23(15-19)29-4)30(25,26)21-12-10-20(27-2)11-13-21/h5-15H,16H2,1-4H3. The third kappa shape index (κ3) is 4.52. The first kappa shape index (κ1) is 21.5. The van der Waals surface area contributed by atoms with Gasteiger partial charge in [0.2, 0.25) is 0 Å². The van der Waals surface area contributed by atoms with E-state index in [1.54, 1.807) is 30.3 Å². The Hall–Kier alpha value is -3.19. The minimum Gasteiger partial charge on any atom is -0.497 e. The lowest BCUT2D eigenvalue weighted by molar-refractivity contribution is 0.355. The van der Waals surface area contributed by atoms with Crippen LogP contribution in [0.25, 0.3) is 0 Å². The Morgan fingerprint density at radius 1 is 0.767 bits per heavy atom. The number of ether oxygens (including phenoxy) is 3. The third-order valence-corrected chi connectivity index (χ3v) is 6.54. The molecular formula is C23H25NO5S. The fourth-order valence-corrected chi connectivity index (χ4v) is 4.47. The Morgan fingerprint density at radius 2 is 1.40 bits per heavy atom. The minimum absolute atomic E-state index is 0.171. The molecule has 0 aliphatic rings. The molecule has 0 aliphatic heterocycles. The van der Waals surface area contributed by atoms with Crippen molar-refractivity contribution in [2.45, 2.75) is 18.4 Å². The molecule has 0 radical (unpaired) electrons. The molecule has 0 fully saturated rings. The summed E-state index contributed by atoms with van der Waals surface area (Å²) >= 11 is 0. The van der Waals surface area contributed by atoms with Gasteiger partial charge in [0, 0.05) is 6.07 Å². The minimum atomic E-state index is -3.85. The quantitative estimate of drug-likeness (QED) is 0.533. The highest BCUT2D eigenvalue weighted by Crippen LogP contribution is 2.35. The third-order valence-electron chi connectivity index (χ3n) is 4.75. The van der Waals surface area contributed by atoms with Gasteiger partial charge in [0.25, 0.3) is 10.0 Å². The van der Waals surface area contributed by atoms with Crippen molar-refractivity contribution in [2.24, 2.45) is 0 Å². The van der Waals surface area contributed by atoms with Gasteiger partial charge in [0.05, 0.1) is 38.5 Å². The molecule has 3 rings (SSSR count). The maximum Gasteiger partial charge on any atom is 0.264 e. The van der Waals surface area contributed by atoms with E-state index >= 15 is 0 Å². The van der Waals surface area contributed by atoms with Crippen LogP contribution in [0.3, 0.4) is 0 Å². The van der Waals surface area contributed by atoms with E-state index < -0.39 is 10.0 Å². The maximum atomic E-state index is 13.6. The monoisotopic (exact) mass is 427 g/mol. The van der Waals surface area contributed by atoms with Crippen molar-refractivity contribution in [1.29, 1.82) is 0 Å². The van der Waals surface area contributed by atoms with Gasteiger partial charge in [-0.25, -0.2) is 8.42 Å². The van der Waals surface area contributed by atoms with E-state index in [-0.39, 0.29) is 11.4 Å². The van der Waals surface area contributed by atoms with Crippen LogP contribution in [0, 0.1) is 6.92 Å². The van der Waals surface area contributed by atoms with Crippen LogP contribution in [-0.4, -0.2) is 29.7 Å². The van der Waals surface area contributed by atoms with E-state index in [1.807, 2.05) is 31.2 Å². The number of anilines is 1. The molecule has 30 heavy (non-hydrogen) atoms. The Kier molecular flexibility index (Phi) is 6.52. The van der Waals surface area contributed by atoms with Crippen LogP contribution >= 0.6 is 0 Å². The number of hydrogen-bond donors (Lipinski definition) is 0. The molecule has 0 aromatic heterocycles. The van der Waals surface area contributed by atoms with Crippen LogP contribution in [0.4, 0.5) is 5.69 Å². The van der Waals surface area contributed by atoms with Crippen LogP contribution in [0.1, 0.15) is 11.1 Å². The number of nitrogens with zero attached hydrogens (tertiary/aromatic N) is 1. The number of methoxy groups -OCH3 is 3. The molecule has 7 heteroatoms. The highest BCUT2D eigenvalue weighted by Gasteiger charge is 2.26. The zero-order valence-electron chi connectivity index (χ0n) is 17.5. The van der Waals surface area contributed by atoms with Gasteiger partial charge in [-0.1, -0.05) is 29.8 Å². The van der Waals surface area contributed by atoms with Crippen molar-refractivity contribution in [3.63, 3.8) is 0 Å². The normalized spacial score (nSPS) is 11.1. The Morgan fingerprint density at radius 3 is 1.97 bits per heavy atom. The number of hydrogen-bond acceptors (Lipinski definition) is 5. The molecule has 0 saturated heterocycles. The molecule has 0 aliphatic carbocycles. The van der Waals surface area contributed by atoms with E-state index in [4.69, 9.17) is 14.2 Å². The number of aryl methyl sites for hydroxylation is 1. The van der Waals surface area contributed by atoms with Crippen LogP contribution in [0.5, 0.6) is 17.2 Å². The van der Waals surface area contributed by atoms with Gasteiger partial charge < -0.3 is 14.2 Å². The lowest BCUT2D eigenvalue weighted by Crippen LogP contribution is -2.30. The highest BCUT2D eigenvalue weighted by atomic mass is 32.2. The van der Waals surface area contributed by atoms with E-state index in [2.05, 4.69) is 0 Å². The smallest absolute Gasteiger partial charge is 0.264 e. The van der Waals surface area contributed by atoms with Crippen LogP contribution < -0.4 is 18.5 Å². The molecule has 0 saturated carbocycles. The van der Waals surface area contributed by atoms with Crippen molar-refractivity contribution < 1.29 is 22.6 Å². The molecule has 158 valence electrons. The fraction of sp³-hybridized carbons (Fsp3) is 0.217. The summed E-state index contributed by atoms with van der Waals surface area (Å²) < 4.78 is 44.3. The highest BCUT2D eigenvalue weighted by molar-refractivity contribution is 7.92. The first-order chi connectivity index (χ1) is 14.4. The molecule has 3 aromatic carbocycles. The Labute approximate surface area is 177 Å². The van der Waals surface area contributed by atoms with Crippen LogP contribution in [-0.2, 0) is 16.6 Å². The van der Waals surface area contributed by atoms with Crippen molar-refractivity contribution in [1.82, 2.24) is 0 Å². The van der Waals surface area contributed by atoms with Gasteiger partial charge in [-0.05, 0) is 48.9 Å². The summed E-state index contributed by atoms with van der Waals surface area (Å²) in [4.78, 5) is 0.171. The lowest BCUT2D eigenvalue weighted by atomic mass is 10.1. The van der Waals surface area contributed by atoms with Gasteiger partial charge in [-0.3, -0.25) is 4.31 Å². The fourth-order valence-electron chi connectivity index (χ4n) is 3.03. The van der Waals surface area contributed by atoms with E-state index in [0.717, 1.165) is 11.1 Å². The molecule has 0 amide bonds. The van der Waals surface area contributed by atoms with Crippen LogP contribution in [0.15, 0.2) is 71.6 Å². The van der Waals surface area contributed by atoms with Gasteiger partial charge in [0.15, 0.2) is 11.5 Å². The molecule has 3 aromatic rings. The summed E-state index contributed by atoms with van der Waals surface area (Å²) in [5.74, 6) is 1.57. The Bertz CT molecular complexity index is 1090. The molecule has 6 nitrogen and oxygen atoms in total. The summed E-state index contributed by atoms with van der Waals surface area (Å²) in [5, 5.41) is 0. The van der Waals surface area contributed by atoms with Crippen molar-refractivity contribution >= 4 is 15.7 Å². The summed E-state index contributed by atoms with van der Waals surface area (Å²) in [7, 11) is 0.743. The Balaban J connectivity index is 2.09. The van der Waals surface area contributed by atoms with Crippen molar-refractivity contribution in [3.8, 4) is 17.2 Å². The number of benzene rings is 3. The van der Waals surface area contributed by atoms with Gasteiger partial charge >= 0.3 is 0 Å². The largest absolute Gasteiger partial charge is 0.497 e. The molecule has 0 spiro atoms. The molecule has 0 unspecified atom stereocenters. The lowest BCUT2D eigenvalue weighted by Gasteiger charge is -2.25. The van der Waals surface area contributed by atoms with E-state index in [0.29, 0.717) is 22.9 Å². The molecule has 0 bridgehead atoms. The topological polar surface area (TPSA) is 65.1 Å². The number of sulfonamides is 1. The van der Waals surface area contributed by atoms with Gasteiger partial charge in [-0.15, -0.1) is 0 Å². The zero-order chi connectivity index (χ0) is 21.7. The second-order valence-corrected chi connectivity index (χ2v) is 8.57. The maximum absolute atomic E-state index is 13.6. The van der Waals surface area contributed by atoms with Gasteiger partial charge in [-0.2, -0.15) is 0 Å². The number of rotatable bonds is 8. The second-order valence-electron chi connectivity index (χ2n) is 6.71. The summed E-state index contributed by atoms with van der Waals surface area (Å²) in [6, 6.07) is 19.2. The summed E-state index contributed by atoms with van der Waals surface area (Å²) in [6.45, 7) is 2.16. The first-order valence-electron chi connectivity index (χ1n) is 9.33.